The molecule has 0 radical (unpaired) electrons. The molecule has 1 atom stereocenters. The van der Waals surface area contributed by atoms with Gasteiger partial charge in [0.2, 0.25) is 0 Å². The molecular weight excluding hydrogens is 444 g/mol. The highest BCUT2D eigenvalue weighted by molar-refractivity contribution is 5.59. The van der Waals surface area contributed by atoms with E-state index in [1.165, 1.54) is 83.5 Å². The van der Waals surface area contributed by atoms with Crippen LogP contribution in [0.15, 0.2) is 12.4 Å². The first kappa shape index (κ1) is 31.4. The van der Waals surface area contributed by atoms with Crippen molar-refractivity contribution in [3.8, 4) is 0 Å². The molecule has 7 heteroatoms. The van der Waals surface area contributed by atoms with Gasteiger partial charge in [-0.15, -0.1) is 0 Å². The fraction of sp³-hybridized carbons (Fsp3) is 0.857. The molecule has 1 heterocycles. The fourth-order valence-corrected chi connectivity index (χ4v) is 3.97. The van der Waals surface area contributed by atoms with Crippen molar-refractivity contribution in [1.82, 2.24) is 9.55 Å². The van der Waals surface area contributed by atoms with Gasteiger partial charge in [0.1, 0.15) is 24.6 Å². The normalized spacial score (nSPS) is 13.0. The maximum atomic E-state index is 11.9. The predicted molar refractivity (Wildman–Crippen MR) is 141 cm³/mol. The summed E-state index contributed by atoms with van der Waals surface area (Å²) < 4.78 is 23.6. The molecule has 1 unspecified atom stereocenters. The molecule has 0 N–H and O–H groups in total. The highest BCUT2D eigenvalue weighted by Gasteiger charge is 2.26. The topological polar surface area (TPSA) is 71.8 Å². The lowest BCUT2D eigenvalue weighted by Crippen LogP contribution is -2.39. The lowest BCUT2D eigenvalue weighted by Gasteiger charge is -2.27. The summed E-state index contributed by atoms with van der Waals surface area (Å²) in [5.41, 5.74) is -0.685. The highest BCUT2D eigenvalue weighted by atomic mass is 16.7. The summed E-state index contributed by atoms with van der Waals surface area (Å²) in [5.74, 6) is 0.880. The molecule has 0 aliphatic carbocycles. The average molecular weight is 497 g/mol. The van der Waals surface area contributed by atoms with Crippen molar-refractivity contribution in [2.24, 2.45) is 0 Å². The Bertz CT molecular complexity index is 637. The van der Waals surface area contributed by atoms with Crippen LogP contribution in [0.5, 0.6) is 0 Å². The van der Waals surface area contributed by atoms with Gasteiger partial charge in [-0.05, 0) is 20.3 Å². The number of methoxy groups -OCH3 is 1. The minimum atomic E-state index is -0.696. The minimum Gasteiger partial charge on any atom is -0.432 e. The van der Waals surface area contributed by atoms with Crippen LogP contribution in [0.1, 0.15) is 110 Å². The van der Waals surface area contributed by atoms with E-state index >= 15 is 0 Å². The van der Waals surface area contributed by atoms with Crippen molar-refractivity contribution in [1.29, 1.82) is 0 Å². The third-order valence-electron chi connectivity index (χ3n) is 6.51. The summed E-state index contributed by atoms with van der Waals surface area (Å²) in [4.78, 5) is 16.0. The smallest absolute Gasteiger partial charge is 0.432 e. The number of carbonyl (C=O) groups is 1. The number of carbonyl (C=O) groups excluding carboxylic acids is 1. The third kappa shape index (κ3) is 16.7. The summed E-state index contributed by atoms with van der Waals surface area (Å²) in [6.07, 6.45) is 21.7. The Morgan fingerprint density at radius 3 is 1.94 bits per heavy atom. The Labute approximate surface area is 214 Å². The second kappa shape index (κ2) is 20.6. The van der Waals surface area contributed by atoms with Gasteiger partial charge in [0, 0.05) is 26.1 Å². The van der Waals surface area contributed by atoms with Crippen LogP contribution in [0.4, 0.5) is 4.79 Å². The van der Waals surface area contributed by atoms with Gasteiger partial charge in [-0.3, -0.25) is 0 Å². The molecule has 0 saturated carbocycles. The van der Waals surface area contributed by atoms with E-state index in [4.69, 9.17) is 18.9 Å². The van der Waals surface area contributed by atoms with Crippen LogP contribution in [0.25, 0.3) is 0 Å². The summed E-state index contributed by atoms with van der Waals surface area (Å²) in [5, 5.41) is 0. The van der Waals surface area contributed by atoms with Gasteiger partial charge >= 0.3 is 6.16 Å². The van der Waals surface area contributed by atoms with Crippen LogP contribution in [-0.4, -0.2) is 54.8 Å². The zero-order valence-electron chi connectivity index (χ0n) is 23.0. The Balaban J connectivity index is 1.94. The van der Waals surface area contributed by atoms with E-state index in [1.54, 1.807) is 13.3 Å². The molecule has 1 rings (SSSR count). The van der Waals surface area contributed by atoms with Gasteiger partial charge in [0.15, 0.2) is 0 Å². The van der Waals surface area contributed by atoms with E-state index in [1.807, 2.05) is 24.6 Å². The second-order valence-corrected chi connectivity index (χ2v) is 9.86. The summed E-state index contributed by atoms with van der Waals surface area (Å²) in [6, 6.07) is 0. The highest BCUT2D eigenvalue weighted by Crippen LogP contribution is 2.14. The molecule has 1 aromatic rings. The summed E-state index contributed by atoms with van der Waals surface area (Å²) in [7, 11) is 1.60. The first-order chi connectivity index (χ1) is 17.0. The van der Waals surface area contributed by atoms with E-state index in [-0.39, 0.29) is 13.2 Å². The number of unbranched alkanes of at least 4 members (excludes halogenated alkanes) is 13. The van der Waals surface area contributed by atoms with Crippen LogP contribution >= 0.6 is 0 Å². The van der Waals surface area contributed by atoms with Crippen molar-refractivity contribution in [2.45, 2.75) is 123 Å². The van der Waals surface area contributed by atoms with Crippen molar-refractivity contribution in [3.63, 3.8) is 0 Å². The lowest BCUT2D eigenvalue weighted by atomic mass is 10.0. The first-order valence-corrected chi connectivity index (χ1v) is 13.9. The molecule has 0 aromatic carbocycles. The number of imidazole rings is 1. The molecule has 7 nitrogen and oxygen atoms in total. The van der Waals surface area contributed by atoms with E-state index in [0.29, 0.717) is 19.8 Å². The quantitative estimate of drug-likeness (QED) is 0.117. The van der Waals surface area contributed by atoms with E-state index in [9.17, 15) is 4.79 Å². The first-order valence-electron chi connectivity index (χ1n) is 13.9. The number of nitrogens with zero attached hydrogens (tertiary/aromatic N) is 2. The van der Waals surface area contributed by atoms with Crippen molar-refractivity contribution >= 4 is 6.16 Å². The number of ether oxygens (including phenoxy) is 4. The van der Waals surface area contributed by atoms with Gasteiger partial charge in [-0.25, -0.2) is 9.78 Å². The molecule has 0 fully saturated rings. The predicted octanol–water partition coefficient (Wildman–Crippen LogP) is 7.25. The summed E-state index contributed by atoms with van der Waals surface area (Å²) in [6.45, 7) is 8.00. The van der Waals surface area contributed by atoms with Crippen LogP contribution in [0, 0.1) is 6.92 Å². The fourth-order valence-electron chi connectivity index (χ4n) is 3.97. The SMILES string of the molecule is CCCCCCCCCCCCCCCCOCC(C)(COC(=O)OCCn1ccnc1C)OC. The molecule has 0 amide bonds. The number of hydrogen-bond donors (Lipinski definition) is 0. The largest absolute Gasteiger partial charge is 0.508 e. The van der Waals surface area contributed by atoms with Crippen molar-refractivity contribution in [2.75, 3.05) is 33.5 Å². The second-order valence-electron chi connectivity index (χ2n) is 9.86. The van der Waals surface area contributed by atoms with Gasteiger partial charge < -0.3 is 23.5 Å². The molecule has 0 bridgehead atoms. The molecule has 1 aromatic heterocycles. The molecule has 0 aliphatic heterocycles. The number of aryl methyl sites for hydroxylation is 1. The standard InChI is InChI=1S/C28H52N2O5/c1-5-6-7-8-9-10-11-12-13-14-15-16-17-18-22-33-24-28(3,32-4)25-35-27(31)34-23-21-30-20-19-29-26(30)2/h19-20H,5-18,21-25H2,1-4H3. The van der Waals surface area contributed by atoms with Gasteiger partial charge in [0.25, 0.3) is 0 Å². The monoisotopic (exact) mass is 496 g/mol. The maximum absolute atomic E-state index is 11.9. The Kier molecular flexibility index (Phi) is 18.5. The number of rotatable bonds is 23. The third-order valence-corrected chi connectivity index (χ3v) is 6.51. The van der Waals surface area contributed by atoms with Crippen LogP contribution < -0.4 is 0 Å². The molecule has 0 spiro atoms. The van der Waals surface area contributed by atoms with Crippen LogP contribution in [0.2, 0.25) is 0 Å². The number of hydrogen-bond acceptors (Lipinski definition) is 6. The minimum absolute atomic E-state index is 0.0885. The van der Waals surface area contributed by atoms with E-state index in [2.05, 4.69) is 11.9 Å². The van der Waals surface area contributed by atoms with E-state index in [0.717, 1.165) is 12.2 Å². The molecule has 0 saturated heterocycles. The van der Waals surface area contributed by atoms with Gasteiger partial charge in [0.05, 0.1) is 13.2 Å². The molecule has 204 valence electrons. The molecule has 35 heavy (non-hydrogen) atoms. The van der Waals surface area contributed by atoms with Gasteiger partial charge in [-0.1, -0.05) is 90.4 Å². The lowest BCUT2D eigenvalue weighted by molar-refractivity contribution is -0.101. The van der Waals surface area contributed by atoms with E-state index < -0.39 is 11.8 Å². The van der Waals surface area contributed by atoms with Gasteiger partial charge in [-0.2, -0.15) is 0 Å². The summed E-state index contributed by atoms with van der Waals surface area (Å²) >= 11 is 0. The average Bonchev–Trinajstić information content (AvgIpc) is 3.27. The Morgan fingerprint density at radius 1 is 0.857 bits per heavy atom. The zero-order valence-corrected chi connectivity index (χ0v) is 23.0. The van der Waals surface area contributed by atoms with Crippen molar-refractivity contribution in [3.05, 3.63) is 18.2 Å². The molecular formula is C28H52N2O5. The number of aromatic nitrogens is 2. The molecule has 0 aliphatic rings. The van der Waals surface area contributed by atoms with Crippen molar-refractivity contribution < 1.29 is 23.7 Å². The van der Waals surface area contributed by atoms with Crippen LogP contribution in [-0.2, 0) is 25.5 Å². The zero-order chi connectivity index (χ0) is 25.6. The maximum Gasteiger partial charge on any atom is 0.508 e. The Morgan fingerprint density at radius 2 is 1.43 bits per heavy atom. The Hall–Kier alpha value is -1.60. The van der Waals surface area contributed by atoms with Crippen LogP contribution in [0.3, 0.4) is 0 Å².